The number of halogens is 1. The number of hydrogen-bond donors (Lipinski definition) is 3. The van der Waals surface area contributed by atoms with E-state index in [1.807, 2.05) is 18.2 Å². The van der Waals surface area contributed by atoms with Crippen LogP contribution >= 0.6 is 22.6 Å². The fraction of sp³-hybridized carbons (Fsp3) is 0.273. The average Bonchev–Trinajstić information content (AvgIpc) is 2.24. The lowest BCUT2D eigenvalue weighted by Gasteiger charge is -2.07. The van der Waals surface area contributed by atoms with Gasteiger partial charge in [0.2, 0.25) is 0 Å². The zero-order chi connectivity index (χ0) is 12.7. The summed E-state index contributed by atoms with van der Waals surface area (Å²) in [5.74, 6) is -0.857. The van der Waals surface area contributed by atoms with Crippen LogP contribution in [-0.4, -0.2) is 23.7 Å². The minimum absolute atomic E-state index is 0.0590. The number of carbonyl (C=O) groups excluding carboxylic acids is 1. The Balaban J connectivity index is 2.27. The van der Waals surface area contributed by atoms with Crippen molar-refractivity contribution in [1.82, 2.24) is 5.32 Å². The second-order valence-corrected chi connectivity index (χ2v) is 4.63. The van der Waals surface area contributed by atoms with E-state index < -0.39 is 5.97 Å². The molecule has 0 aliphatic carbocycles. The summed E-state index contributed by atoms with van der Waals surface area (Å²) < 4.78 is 1.03. The molecule has 0 aliphatic rings. The molecule has 0 heterocycles. The van der Waals surface area contributed by atoms with Gasteiger partial charge >= 0.3 is 12.0 Å². The van der Waals surface area contributed by atoms with Crippen molar-refractivity contribution < 1.29 is 14.7 Å². The predicted octanol–water partition coefficient (Wildman–Crippen LogP) is 2.28. The summed E-state index contributed by atoms with van der Waals surface area (Å²) in [6.07, 6.45) is 0.485. The molecule has 3 N–H and O–H groups in total. The van der Waals surface area contributed by atoms with E-state index >= 15 is 0 Å². The van der Waals surface area contributed by atoms with Crippen molar-refractivity contribution in [1.29, 1.82) is 0 Å². The number of aliphatic carboxylic acids is 1. The van der Waals surface area contributed by atoms with Crippen LogP contribution < -0.4 is 10.6 Å². The summed E-state index contributed by atoms with van der Waals surface area (Å²) in [5.41, 5.74) is 0.715. The molecule has 0 aliphatic heterocycles. The van der Waals surface area contributed by atoms with Gasteiger partial charge in [-0.05, 0) is 47.2 Å². The van der Waals surface area contributed by atoms with Crippen molar-refractivity contribution in [3.8, 4) is 0 Å². The van der Waals surface area contributed by atoms with Gasteiger partial charge in [0.05, 0.1) is 0 Å². The summed E-state index contributed by atoms with van der Waals surface area (Å²) >= 11 is 2.16. The molecule has 0 bridgehead atoms. The quantitative estimate of drug-likeness (QED) is 0.564. The number of carboxylic acid groups (broad SMARTS) is 1. The number of carbonyl (C=O) groups is 2. The van der Waals surface area contributed by atoms with Crippen LogP contribution in [0, 0.1) is 3.57 Å². The normalized spacial score (nSPS) is 9.71. The SMILES string of the molecule is O=C(O)CCCNC(=O)Nc1cccc(I)c1. The van der Waals surface area contributed by atoms with Gasteiger partial charge in [0.25, 0.3) is 0 Å². The van der Waals surface area contributed by atoms with Crippen LogP contribution in [-0.2, 0) is 4.79 Å². The Morgan fingerprint density at radius 1 is 1.35 bits per heavy atom. The molecule has 6 heteroatoms. The van der Waals surface area contributed by atoms with E-state index in [0.29, 0.717) is 18.7 Å². The molecular weight excluding hydrogens is 335 g/mol. The van der Waals surface area contributed by atoms with Crippen molar-refractivity contribution in [2.75, 3.05) is 11.9 Å². The molecule has 5 nitrogen and oxygen atoms in total. The number of urea groups is 1. The van der Waals surface area contributed by atoms with Crippen molar-refractivity contribution in [2.24, 2.45) is 0 Å². The first-order chi connectivity index (χ1) is 8.08. The second-order valence-electron chi connectivity index (χ2n) is 3.39. The second kappa shape index (κ2) is 7.10. The van der Waals surface area contributed by atoms with Crippen LogP contribution in [0.15, 0.2) is 24.3 Å². The Morgan fingerprint density at radius 2 is 2.12 bits per heavy atom. The molecule has 0 radical (unpaired) electrons. The van der Waals surface area contributed by atoms with Crippen molar-refractivity contribution in [3.63, 3.8) is 0 Å². The molecule has 1 aromatic carbocycles. The van der Waals surface area contributed by atoms with Gasteiger partial charge in [-0.3, -0.25) is 4.79 Å². The Morgan fingerprint density at radius 3 is 2.76 bits per heavy atom. The molecule has 0 saturated carbocycles. The predicted molar refractivity (Wildman–Crippen MR) is 73.1 cm³/mol. The highest BCUT2D eigenvalue weighted by atomic mass is 127. The van der Waals surface area contributed by atoms with Crippen LogP contribution in [0.4, 0.5) is 10.5 Å². The summed E-state index contributed by atoms with van der Waals surface area (Å²) in [7, 11) is 0. The van der Waals surface area contributed by atoms with Gasteiger partial charge < -0.3 is 15.7 Å². The molecule has 0 atom stereocenters. The van der Waals surface area contributed by atoms with Crippen molar-refractivity contribution in [2.45, 2.75) is 12.8 Å². The number of hydrogen-bond acceptors (Lipinski definition) is 2. The number of amides is 2. The molecule has 0 fully saturated rings. The highest BCUT2D eigenvalue weighted by molar-refractivity contribution is 14.1. The lowest BCUT2D eigenvalue weighted by Crippen LogP contribution is -2.29. The number of benzene rings is 1. The summed E-state index contributed by atoms with van der Waals surface area (Å²) in [4.78, 5) is 21.6. The summed E-state index contributed by atoms with van der Waals surface area (Å²) in [6.45, 7) is 0.349. The van der Waals surface area contributed by atoms with E-state index in [4.69, 9.17) is 5.11 Å². The number of nitrogens with one attached hydrogen (secondary N) is 2. The molecule has 1 aromatic rings. The van der Waals surface area contributed by atoms with Gasteiger partial charge in [-0.2, -0.15) is 0 Å². The molecule has 0 aromatic heterocycles. The topological polar surface area (TPSA) is 78.4 Å². The van der Waals surface area contributed by atoms with Gasteiger partial charge in [0, 0.05) is 22.2 Å². The zero-order valence-corrected chi connectivity index (χ0v) is 11.2. The third kappa shape index (κ3) is 6.10. The molecular formula is C11H13IN2O3. The lowest BCUT2D eigenvalue weighted by molar-refractivity contribution is -0.137. The molecule has 17 heavy (non-hydrogen) atoms. The molecule has 0 saturated heterocycles. The zero-order valence-electron chi connectivity index (χ0n) is 9.07. The largest absolute Gasteiger partial charge is 0.481 e. The van der Waals surface area contributed by atoms with Gasteiger partial charge in [-0.25, -0.2) is 4.79 Å². The molecule has 0 unspecified atom stereocenters. The van der Waals surface area contributed by atoms with E-state index in [2.05, 4.69) is 33.2 Å². The first kappa shape index (κ1) is 13.8. The molecule has 0 spiro atoms. The summed E-state index contributed by atoms with van der Waals surface area (Å²) in [5, 5.41) is 13.7. The smallest absolute Gasteiger partial charge is 0.319 e. The number of carboxylic acids is 1. The van der Waals surface area contributed by atoms with Crippen LogP contribution in [0.2, 0.25) is 0 Å². The Kier molecular flexibility index (Phi) is 5.75. The minimum Gasteiger partial charge on any atom is -0.481 e. The minimum atomic E-state index is -0.857. The van der Waals surface area contributed by atoms with Crippen LogP contribution in [0.5, 0.6) is 0 Å². The third-order valence-corrected chi connectivity index (χ3v) is 2.61. The lowest BCUT2D eigenvalue weighted by atomic mass is 10.3. The standard InChI is InChI=1S/C11H13IN2O3/c12-8-3-1-4-9(7-8)14-11(17)13-6-2-5-10(15)16/h1,3-4,7H,2,5-6H2,(H,15,16)(H2,13,14,17). The maximum absolute atomic E-state index is 11.4. The Hall–Kier alpha value is -1.31. The van der Waals surface area contributed by atoms with E-state index in [-0.39, 0.29) is 12.5 Å². The number of rotatable bonds is 5. The third-order valence-electron chi connectivity index (χ3n) is 1.94. The molecule has 1 rings (SSSR count). The van der Waals surface area contributed by atoms with Crippen LogP contribution in [0.1, 0.15) is 12.8 Å². The first-order valence-corrected chi connectivity index (χ1v) is 6.18. The van der Waals surface area contributed by atoms with Crippen molar-refractivity contribution >= 4 is 40.3 Å². The van der Waals surface area contributed by atoms with E-state index in [0.717, 1.165) is 3.57 Å². The van der Waals surface area contributed by atoms with Gasteiger partial charge in [-0.15, -0.1) is 0 Å². The van der Waals surface area contributed by atoms with Crippen molar-refractivity contribution in [3.05, 3.63) is 27.8 Å². The van der Waals surface area contributed by atoms with Gasteiger partial charge in [0.15, 0.2) is 0 Å². The van der Waals surface area contributed by atoms with E-state index in [1.165, 1.54) is 0 Å². The van der Waals surface area contributed by atoms with Gasteiger partial charge in [-0.1, -0.05) is 6.07 Å². The highest BCUT2D eigenvalue weighted by Crippen LogP contribution is 2.11. The van der Waals surface area contributed by atoms with Crippen LogP contribution in [0.3, 0.4) is 0 Å². The molecule has 2 amide bonds. The Bertz CT molecular complexity index is 409. The monoisotopic (exact) mass is 348 g/mol. The van der Waals surface area contributed by atoms with Crippen LogP contribution in [0.25, 0.3) is 0 Å². The number of anilines is 1. The summed E-state index contributed by atoms with van der Waals surface area (Å²) in [6, 6.07) is 7.09. The maximum atomic E-state index is 11.4. The first-order valence-electron chi connectivity index (χ1n) is 5.10. The fourth-order valence-corrected chi connectivity index (χ4v) is 1.73. The Labute approximate surface area is 113 Å². The van der Waals surface area contributed by atoms with E-state index in [9.17, 15) is 9.59 Å². The maximum Gasteiger partial charge on any atom is 0.319 e. The average molecular weight is 348 g/mol. The van der Waals surface area contributed by atoms with E-state index in [1.54, 1.807) is 6.07 Å². The molecule has 92 valence electrons. The highest BCUT2D eigenvalue weighted by Gasteiger charge is 2.02. The fourth-order valence-electron chi connectivity index (χ4n) is 1.18. The van der Waals surface area contributed by atoms with Gasteiger partial charge in [0.1, 0.15) is 0 Å².